The Morgan fingerprint density at radius 2 is 1.57 bits per heavy atom. The minimum atomic E-state index is -1.34. The summed E-state index contributed by atoms with van der Waals surface area (Å²) in [5.41, 5.74) is 2.11. The molecule has 3 amide bonds. The van der Waals surface area contributed by atoms with E-state index in [0.29, 0.717) is 47.5 Å². The molecule has 37 heavy (non-hydrogen) atoms. The molecule has 3 aromatic rings. The Morgan fingerprint density at radius 3 is 2.19 bits per heavy atom. The third kappa shape index (κ3) is 5.77. The Morgan fingerprint density at radius 1 is 0.892 bits per heavy atom. The fraction of sp³-hybridized carbons (Fsp3) is 0.250. The lowest BCUT2D eigenvalue weighted by atomic mass is 10.0. The Hall–Kier alpha value is -4.27. The van der Waals surface area contributed by atoms with Gasteiger partial charge in [-0.05, 0) is 71.8 Å². The van der Waals surface area contributed by atoms with Gasteiger partial charge in [-0.3, -0.25) is 4.79 Å². The lowest BCUT2D eigenvalue weighted by molar-refractivity contribution is -0.119. The molecule has 1 aliphatic heterocycles. The zero-order valence-corrected chi connectivity index (χ0v) is 20.4. The van der Waals surface area contributed by atoms with Crippen molar-refractivity contribution in [2.45, 2.75) is 38.6 Å². The number of carbonyl (C=O) groups is 3. The molecule has 1 aliphatic rings. The zero-order chi connectivity index (χ0) is 26.7. The predicted octanol–water partition coefficient (Wildman–Crippen LogP) is 6.09. The van der Waals surface area contributed by atoms with Gasteiger partial charge in [0, 0.05) is 17.9 Å². The monoisotopic (exact) mass is 507 g/mol. The number of likely N-dealkylation sites (tertiary alicyclic amines) is 1. The van der Waals surface area contributed by atoms with Crippen LogP contribution in [-0.4, -0.2) is 40.5 Å². The van der Waals surface area contributed by atoms with Gasteiger partial charge in [0.1, 0.15) is 17.7 Å². The van der Waals surface area contributed by atoms with Gasteiger partial charge in [-0.25, -0.2) is 18.4 Å². The lowest BCUT2D eigenvalue weighted by Crippen LogP contribution is -2.45. The topological polar surface area (TPSA) is 98.7 Å². The summed E-state index contributed by atoms with van der Waals surface area (Å²) in [5.74, 6) is -2.90. The number of carboxylic acids is 1. The van der Waals surface area contributed by atoms with E-state index in [1.807, 2.05) is 13.8 Å². The average molecular weight is 508 g/mol. The van der Waals surface area contributed by atoms with Crippen LogP contribution in [0, 0.1) is 11.6 Å². The van der Waals surface area contributed by atoms with Crippen molar-refractivity contribution in [1.82, 2.24) is 4.90 Å². The van der Waals surface area contributed by atoms with Gasteiger partial charge < -0.3 is 20.6 Å². The van der Waals surface area contributed by atoms with E-state index in [0.717, 1.165) is 6.07 Å². The summed E-state index contributed by atoms with van der Waals surface area (Å²) in [6.07, 6.45) is 1.15. The molecular weight excluding hydrogens is 480 g/mol. The number of halogens is 2. The van der Waals surface area contributed by atoms with Crippen molar-refractivity contribution in [1.29, 1.82) is 0 Å². The molecule has 0 saturated carbocycles. The van der Waals surface area contributed by atoms with Crippen molar-refractivity contribution in [2.24, 2.45) is 0 Å². The minimum absolute atomic E-state index is 0.0177. The van der Waals surface area contributed by atoms with Gasteiger partial charge in [0.15, 0.2) is 0 Å². The minimum Gasteiger partial charge on any atom is -0.478 e. The first-order valence-electron chi connectivity index (χ1n) is 11.9. The van der Waals surface area contributed by atoms with Crippen LogP contribution in [0.4, 0.5) is 25.0 Å². The first kappa shape index (κ1) is 25.8. The molecule has 3 N–H and O–H groups in total. The Balaban J connectivity index is 1.40. The number of aromatic carboxylic acids is 1. The second kappa shape index (κ2) is 10.8. The van der Waals surface area contributed by atoms with Crippen molar-refractivity contribution in [2.75, 3.05) is 17.2 Å². The molecule has 4 rings (SSSR count). The molecular formula is C28H27F2N3O4. The summed E-state index contributed by atoms with van der Waals surface area (Å²) < 4.78 is 28.3. The quantitative estimate of drug-likeness (QED) is 0.376. The molecule has 0 spiro atoms. The lowest BCUT2D eigenvalue weighted by Gasteiger charge is -2.24. The number of amides is 3. The van der Waals surface area contributed by atoms with Crippen LogP contribution in [0.1, 0.15) is 48.5 Å². The second-order valence-electron chi connectivity index (χ2n) is 9.24. The molecule has 1 fully saturated rings. The molecule has 0 aromatic heterocycles. The van der Waals surface area contributed by atoms with Gasteiger partial charge in [-0.15, -0.1) is 0 Å². The number of nitrogens with zero attached hydrogens (tertiary/aromatic N) is 1. The van der Waals surface area contributed by atoms with Crippen LogP contribution in [0.5, 0.6) is 0 Å². The van der Waals surface area contributed by atoms with Crippen LogP contribution >= 0.6 is 0 Å². The second-order valence-corrected chi connectivity index (χ2v) is 9.24. The highest BCUT2D eigenvalue weighted by Crippen LogP contribution is 2.26. The number of nitrogens with one attached hydrogen (secondary N) is 2. The highest BCUT2D eigenvalue weighted by atomic mass is 19.1. The summed E-state index contributed by atoms with van der Waals surface area (Å²) in [6.45, 7) is 4.17. The number of carboxylic acid groups (broad SMARTS) is 1. The summed E-state index contributed by atoms with van der Waals surface area (Å²) in [4.78, 5) is 38.3. The van der Waals surface area contributed by atoms with E-state index < -0.39 is 35.2 Å². The van der Waals surface area contributed by atoms with E-state index in [1.54, 1.807) is 36.4 Å². The van der Waals surface area contributed by atoms with Crippen molar-refractivity contribution >= 4 is 29.3 Å². The molecule has 192 valence electrons. The van der Waals surface area contributed by atoms with Crippen molar-refractivity contribution < 1.29 is 28.3 Å². The molecule has 3 aromatic carbocycles. The first-order valence-corrected chi connectivity index (χ1v) is 11.9. The number of anilines is 2. The maximum Gasteiger partial charge on any atom is 0.338 e. The number of hydrogen-bond acceptors (Lipinski definition) is 3. The number of carbonyl (C=O) groups excluding carboxylic acids is 2. The molecule has 0 aliphatic carbocycles. The normalized spacial score (nSPS) is 15.1. The SMILES string of the molecule is CC(C)c1ccc(NC(=O)N2CCC[C@@H]2C(=O)Nc2ccc(-c3ccc(C(=O)O)c(F)c3)cc2)cc1F. The molecule has 0 bridgehead atoms. The maximum atomic E-state index is 14.3. The van der Waals surface area contributed by atoms with Gasteiger partial charge in [0.05, 0.1) is 5.56 Å². The molecule has 0 unspecified atom stereocenters. The van der Waals surface area contributed by atoms with E-state index in [2.05, 4.69) is 10.6 Å². The van der Waals surface area contributed by atoms with Crippen LogP contribution in [0.25, 0.3) is 11.1 Å². The van der Waals surface area contributed by atoms with Crippen molar-refractivity contribution in [3.8, 4) is 11.1 Å². The molecule has 1 saturated heterocycles. The molecule has 9 heteroatoms. The summed E-state index contributed by atoms with van der Waals surface area (Å²) in [7, 11) is 0. The summed E-state index contributed by atoms with van der Waals surface area (Å²) in [6, 6.07) is 13.9. The van der Waals surface area contributed by atoms with Gasteiger partial charge in [0.25, 0.3) is 0 Å². The average Bonchev–Trinajstić information content (AvgIpc) is 3.34. The standard InChI is InChI=1S/C28H27F2N3O4/c1-16(2)21-12-10-20(15-24(21)30)32-28(37)33-13-3-4-25(33)26(34)31-19-8-5-17(6-9-19)18-7-11-22(27(35)36)23(29)14-18/h5-12,14-16,25H,3-4,13H2,1-2H3,(H,31,34)(H,32,37)(H,35,36)/t25-/m1/s1. The number of urea groups is 1. The number of rotatable bonds is 6. The third-order valence-corrected chi connectivity index (χ3v) is 6.38. The first-order chi connectivity index (χ1) is 17.6. The van der Waals surface area contributed by atoms with E-state index in [4.69, 9.17) is 5.11 Å². The smallest absolute Gasteiger partial charge is 0.338 e. The Bertz CT molecular complexity index is 1340. The predicted molar refractivity (Wildman–Crippen MR) is 137 cm³/mol. The van der Waals surface area contributed by atoms with Crippen LogP contribution in [0.2, 0.25) is 0 Å². The fourth-order valence-corrected chi connectivity index (χ4v) is 4.39. The number of hydrogen-bond donors (Lipinski definition) is 3. The van der Waals surface area contributed by atoms with Crippen LogP contribution in [0.15, 0.2) is 60.7 Å². The Kier molecular flexibility index (Phi) is 7.52. The molecule has 1 atom stereocenters. The number of benzene rings is 3. The highest BCUT2D eigenvalue weighted by Gasteiger charge is 2.34. The summed E-state index contributed by atoms with van der Waals surface area (Å²) in [5, 5.41) is 14.5. The van der Waals surface area contributed by atoms with Crippen LogP contribution in [-0.2, 0) is 4.79 Å². The molecule has 1 heterocycles. The van der Waals surface area contributed by atoms with E-state index in [-0.39, 0.29) is 11.8 Å². The highest BCUT2D eigenvalue weighted by molar-refractivity contribution is 5.99. The molecule has 7 nitrogen and oxygen atoms in total. The van der Waals surface area contributed by atoms with Gasteiger partial charge in [-0.2, -0.15) is 0 Å². The summed E-state index contributed by atoms with van der Waals surface area (Å²) >= 11 is 0. The zero-order valence-electron chi connectivity index (χ0n) is 20.4. The maximum absolute atomic E-state index is 14.3. The Labute approximate surface area is 213 Å². The van der Waals surface area contributed by atoms with Gasteiger partial charge in [-0.1, -0.05) is 38.1 Å². The van der Waals surface area contributed by atoms with Crippen LogP contribution in [0.3, 0.4) is 0 Å². The fourth-order valence-electron chi connectivity index (χ4n) is 4.39. The third-order valence-electron chi connectivity index (χ3n) is 6.38. The largest absolute Gasteiger partial charge is 0.478 e. The van der Waals surface area contributed by atoms with Crippen molar-refractivity contribution in [3.63, 3.8) is 0 Å². The van der Waals surface area contributed by atoms with E-state index in [9.17, 15) is 23.2 Å². The van der Waals surface area contributed by atoms with Gasteiger partial charge in [0.2, 0.25) is 5.91 Å². The van der Waals surface area contributed by atoms with Crippen molar-refractivity contribution in [3.05, 3.63) is 83.4 Å². The van der Waals surface area contributed by atoms with E-state index >= 15 is 0 Å². The van der Waals surface area contributed by atoms with Gasteiger partial charge >= 0.3 is 12.0 Å². The molecule has 0 radical (unpaired) electrons. The van der Waals surface area contributed by atoms with Crippen LogP contribution < -0.4 is 10.6 Å². The van der Waals surface area contributed by atoms with E-state index in [1.165, 1.54) is 23.1 Å².